The van der Waals surface area contributed by atoms with Crippen molar-refractivity contribution in [3.8, 4) is 0 Å². The van der Waals surface area contributed by atoms with Crippen LogP contribution in [0, 0.1) is 0 Å². The van der Waals surface area contributed by atoms with E-state index in [0.717, 1.165) is 44.8 Å². The van der Waals surface area contributed by atoms with Gasteiger partial charge in [-0.05, 0) is 72.8 Å². The number of fused-ring (bicyclic) bond motifs is 8. The van der Waals surface area contributed by atoms with E-state index in [4.69, 9.17) is 0 Å². The molecule has 5 rings (SSSR count). The first kappa shape index (κ1) is 16.2. The number of H-pyrrole nitrogens is 2. The third kappa shape index (κ3) is 3.41. The van der Waals surface area contributed by atoms with Crippen LogP contribution in [0.15, 0.2) is 48.5 Å². The minimum atomic E-state index is 0. The van der Waals surface area contributed by atoms with E-state index in [1.54, 1.807) is 0 Å². The summed E-state index contributed by atoms with van der Waals surface area (Å²) in [6.45, 7) is 0. The predicted molar refractivity (Wildman–Crippen MR) is 98.9 cm³/mol. The summed E-state index contributed by atoms with van der Waals surface area (Å²) in [6, 6.07) is 16.4. The minimum absolute atomic E-state index is 0. The Morgan fingerprint density at radius 1 is 0.480 bits per heavy atom. The topological polar surface area (TPSA) is 57.4 Å². The molecule has 117 valence electrons. The van der Waals surface area contributed by atoms with Crippen LogP contribution < -0.4 is 0 Å². The molecule has 0 aromatic carbocycles. The number of nitrogens with one attached hydrogen (secondary N) is 2. The SMILES string of the molecule is C1=Cc2cc3ccc(cc4nc(cc5ccc(cc1n2)[nH]5)C=C4)[nH]3.[Y]. The molecular weight excluding hydrogens is 385 g/mol. The quantitative estimate of drug-likeness (QED) is 0.398. The van der Waals surface area contributed by atoms with Gasteiger partial charge >= 0.3 is 0 Å². The number of nitrogens with zero attached hydrogens (tertiary/aromatic N) is 2. The minimum Gasteiger partial charge on any atom is -0.355 e. The Kier molecular flexibility index (Phi) is 4.24. The molecule has 3 aromatic heterocycles. The smallest absolute Gasteiger partial charge is 0.0658 e. The van der Waals surface area contributed by atoms with Crippen molar-refractivity contribution in [3.05, 3.63) is 71.3 Å². The fraction of sp³-hybridized carbons (Fsp3) is 0. The summed E-state index contributed by atoms with van der Waals surface area (Å²) >= 11 is 0. The summed E-state index contributed by atoms with van der Waals surface area (Å²) in [5, 5.41) is 0. The Labute approximate surface area is 169 Å². The maximum absolute atomic E-state index is 4.63. The normalized spacial score (nSPS) is 12.2. The molecule has 2 aliphatic heterocycles. The van der Waals surface area contributed by atoms with Crippen molar-refractivity contribution in [2.24, 2.45) is 0 Å². The van der Waals surface area contributed by atoms with Crippen LogP contribution in [0.25, 0.3) is 46.4 Å². The van der Waals surface area contributed by atoms with Crippen LogP contribution in [0.1, 0.15) is 22.8 Å². The van der Waals surface area contributed by atoms with Crippen molar-refractivity contribution in [2.75, 3.05) is 0 Å². The maximum atomic E-state index is 4.63. The Bertz CT molecular complexity index is 990. The number of aromatic nitrogens is 4. The average molecular weight is 399 g/mol. The number of hydrogen-bond donors (Lipinski definition) is 2. The Balaban J connectivity index is 0.00000157. The molecule has 4 nitrogen and oxygen atoms in total. The third-order valence-electron chi connectivity index (χ3n) is 4.04. The van der Waals surface area contributed by atoms with E-state index < -0.39 is 0 Å². The standard InChI is InChI=1S/C20H14N4.Y/c1-2-14-10-16-5-6-18(23-16)12-20-8-7-19(24-20)11-17-4-3-15(22-17)9-13(1)21-14;/h1-12,21,24H;. The van der Waals surface area contributed by atoms with Gasteiger partial charge in [0.15, 0.2) is 0 Å². The molecule has 5 heteroatoms. The molecule has 0 atom stereocenters. The fourth-order valence-electron chi connectivity index (χ4n) is 2.94. The van der Waals surface area contributed by atoms with Gasteiger partial charge in [-0.3, -0.25) is 0 Å². The Hall–Kier alpha value is -2.30. The van der Waals surface area contributed by atoms with Crippen molar-refractivity contribution >= 4 is 46.4 Å². The first-order chi connectivity index (χ1) is 11.8. The molecule has 1 radical (unpaired) electrons. The Morgan fingerprint density at radius 2 is 0.760 bits per heavy atom. The van der Waals surface area contributed by atoms with Crippen molar-refractivity contribution in [1.29, 1.82) is 0 Å². The zero-order valence-electron chi connectivity index (χ0n) is 13.4. The van der Waals surface area contributed by atoms with Gasteiger partial charge in [0.05, 0.1) is 22.8 Å². The van der Waals surface area contributed by atoms with Crippen LogP contribution in [-0.2, 0) is 32.7 Å². The van der Waals surface area contributed by atoms with Crippen molar-refractivity contribution in [1.82, 2.24) is 19.9 Å². The van der Waals surface area contributed by atoms with E-state index in [-0.39, 0.29) is 32.7 Å². The van der Waals surface area contributed by atoms with Gasteiger partial charge < -0.3 is 9.97 Å². The zero-order valence-corrected chi connectivity index (χ0v) is 16.2. The molecule has 3 aromatic rings. The van der Waals surface area contributed by atoms with Gasteiger partial charge in [-0.1, -0.05) is 0 Å². The first-order valence-electron chi connectivity index (χ1n) is 7.85. The van der Waals surface area contributed by atoms with Gasteiger partial charge in [-0.2, -0.15) is 0 Å². The molecule has 0 saturated carbocycles. The van der Waals surface area contributed by atoms with Gasteiger partial charge in [0, 0.05) is 54.8 Å². The molecule has 2 aliphatic rings. The van der Waals surface area contributed by atoms with Gasteiger partial charge in [-0.15, -0.1) is 0 Å². The third-order valence-corrected chi connectivity index (χ3v) is 4.04. The number of hydrogen-bond acceptors (Lipinski definition) is 2. The van der Waals surface area contributed by atoms with E-state index in [0.29, 0.717) is 0 Å². The molecule has 2 N–H and O–H groups in total. The largest absolute Gasteiger partial charge is 0.355 e. The second-order valence-electron chi connectivity index (χ2n) is 5.91. The summed E-state index contributed by atoms with van der Waals surface area (Å²) in [6.07, 6.45) is 8.09. The van der Waals surface area contributed by atoms with Crippen LogP contribution in [0.4, 0.5) is 0 Å². The molecule has 0 spiro atoms. The van der Waals surface area contributed by atoms with Crippen LogP contribution in [0.3, 0.4) is 0 Å². The molecule has 0 aliphatic carbocycles. The fourth-order valence-corrected chi connectivity index (χ4v) is 2.94. The van der Waals surface area contributed by atoms with Gasteiger partial charge in [-0.25, -0.2) is 9.97 Å². The molecule has 8 bridgehead atoms. The summed E-state index contributed by atoms with van der Waals surface area (Å²) in [5.74, 6) is 0. The number of aromatic amines is 2. The van der Waals surface area contributed by atoms with Gasteiger partial charge in [0.25, 0.3) is 0 Å². The van der Waals surface area contributed by atoms with Crippen LogP contribution >= 0.6 is 0 Å². The molecule has 0 fully saturated rings. The molecule has 0 saturated heterocycles. The van der Waals surface area contributed by atoms with E-state index in [9.17, 15) is 0 Å². The van der Waals surface area contributed by atoms with E-state index in [1.807, 2.05) is 48.6 Å². The van der Waals surface area contributed by atoms with E-state index in [1.165, 1.54) is 0 Å². The predicted octanol–water partition coefficient (Wildman–Crippen LogP) is 4.65. The number of rotatable bonds is 0. The maximum Gasteiger partial charge on any atom is 0.0658 e. The van der Waals surface area contributed by atoms with Crippen molar-refractivity contribution in [3.63, 3.8) is 0 Å². The van der Waals surface area contributed by atoms with Crippen molar-refractivity contribution < 1.29 is 32.7 Å². The zero-order chi connectivity index (χ0) is 15.9. The van der Waals surface area contributed by atoms with E-state index in [2.05, 4.69) is 44.2 Å². The summed E-state index contributed by atoms with van der Waals surface area (Å²) in [4.78, 5) is 16.0. The molecule has 25 heavy (non-hydrogen) atoms. The first-order valence-corrected chi connectivity index (χ1v) is 7.85. The average Bonchev–Trinajstić information content (AvgIpc) is 3.32. The second kappa shape index (κ2) is 6.54. The van der Waals surface area contributed by atoms with Gasteiger partial charge in [0.1, 0.15) is 0 Å². The molecule has 5 heterocycles. The monoisotopic (exact) mass is 399 g/mol. The molecular formula is C20H14N4Y. The summed E-state index contributed by atoms with van der Waals surface area (Å²) in [7, 11) is 0. The van der Waals surface area contributed by atoms with Crippen LogP contribution in [0.2, 0.25) is 0 Å². The van der Waals surface area contributed by atoms with E-state index >= 15 is 0 Å². The molecule has 0 amide bonds. The van der Waals surface area contributed by atoms with Crippen LogP contribution in [-0.4, -0.2) is 19.9 Å². The van der Waals surface area contributed by atoms with Gasteiger partial charge in [0.2, 0.25) is 0 Å². The second-order valence-corrected chi connectivity index (χ2v) is 5.91. The molecule has 0 unspecified atom stereocenters. The Morgan fingerprint density at radius 3 is 1.04 bits per heavy atom. The summed E-state index contributed by atoms with van der Waals surface area (Å²) < 4.78 is 0. The van der Waals surface area contributed by atoms with Crippen molar-refractivity contribution in [2.45, 2.75) is 0 Å². The van der Waals surface area contributed by atoms with Crippen LogP contribution in [0.5, 0.6) is 0 Å². The summed E-state index contributed by atoms with van der Waals surface area (Å²) in [5.41, 5.74) is 7.86.